The van der Waals surface area contributed by atoms with Crippen molar-refractivity contribution in [3.05, 3.63) is 0 Å². The summed E-state index contributed by atoms with van der Waals surface area (Å²) in [6.45, 7) is 9.28. The minimum Gasteiger partial charge on any atom is -0.383 e. The first-order chi connectivity index (χ1) is 8.67. The fourth-order valence-corrected chi connectivity index (χ4v) is 2.94. The number of rotatable bonds is 8. The second-order valence-corrected chi connectivity index (χ2v) is 5.81. The summed E-state index contributed by atoms with van der Waals surface area (Å²) in [7, 11) is 1.78. The van der Waals surface area contributed by atoms with Gasteiger partial charge < -0.3 is 9.47 Å². The zero-order chi connectivity index (χ0) is 13.4. The Labute approximate surface area is 118 Å². The number of nitrogens with zero attached hydrogens (tertiary/aromatic N) is 1. The van der Waals surface area contributed by atoms with Crippen LogP contribution >= 0.6 is 12.6 Å². The second kappa shape index (κ2) is 8.41. The molecular weight excluding hydrogens is 246 g/mol. The zero-order valence-electron chi connectivity index (χ0n) is 12.2. The molecule has 18 heavy (non-hydrogen) atoms. The van der Waals surface area contributed by atoms with E-state index in [1.54, 1.807) is 7.11 Å². The average Bonchev–Trinajstić information content (AvgIpc) is 2.43. The highest BCUT2D eigenvalue weighted by Gasteiger charge is 2.34. The van der Waals surface area contributed by atoms with E-state index in [9.17, 15) is 0 Å². The summed E-state index contributed by atoms with van der Waals surface area (Å²) in [4.78, 5) is 2.56. The minimum absolute atomic E-state index is 0.332. The van der Waals surface area contributed by atoms with Crippen LogP contribution in [0.3, 0.4) is 0 Å². The maximum atomic E-state index is 5.50. The van der Waals surface area contributed by atoms with E-state index in [0.717, 1.165) is 51.5 Å². The maximum Gasteiger partial charge on any atom is 0.0589 e. The van der Waals surface area contributed by atoms with Gasteiger partial charge in [-0.15, -0.1) is 0 Å². The monoisotopic (exact) mass is 275 g/mol. The Bertz CT molecular complexity index is 220. The average molecular weight is 275 g/mol. The lowest BCUT2D eigenvalue weighted by atomic mass is 9.81. The molecule has 1 rings (SSSR count). The van der Waals surface area contributed by atoms with Gasteiger partial charge in [0.05, 0.1) is 6.61 Å². The Hall–Kier alpha value is 0.230. The molecule has 0 amide bonds. The molecule has 0 bridgehead atoms. The molecular formula is C14H29NO2S. The van der Waals surface area contributed by atoms with Gasteiger partial charge in [-0.1, -0.05) is 6.92 Å². The van der Waals surface area contributed by atoms with E-state index in [1.807, 2.05) is 0 Å². The Morgan fingerprint density at radius 1 is 1.39 bits per heavy atom. The van der Waals surface area contributed by atoms with Gasteiger partial charge in [0.2, 0.25) is 0 Å². The van der Waals surface area contributed by atoms with Crippen molar-refractivity contribution in [2.75, 3.05) is 45.8 Å². The molecule has 0 aromatic rings. The normalized spacial score (nSPS) is 21.2. The molecule has 1 heterocycles. The minimum atomic E-state index is 0.332. The van der Waals surface area contributed by atoms with E-state index in [0.29, 0.717) is 11.5 Å². The van der Waals surface area contributed by atoms with Gasteiger partial charge in [0.25, 0.3) is 0 Å². The predicted molar refractivity (Wildman–Crippen MR) is 79.5 cm³/mol. The van der Waals surface area contributed by atoms with Gasteiger partial charge in [-0.3, -0.25) is 4.90 Å². The summed E-state index contributed by atoms with van der Waals surface area (Å²) >= 11 is 4.60. The fourth-order valence-electron chi connectivity index (χ4n) is 2.52. The number of hydrogen-bond acceptors (Lipinski definition) is 4. The topological polar surface area (TPSA) is 21.7 Å². The van der Waals surface area contributed by atoms with Crippen LogP contribution in [0.5, 0.6) is 0 Å². The fraction of sp³-hybridized carbons (Fsp3) is 1.00. The molecule has 1 fully saturated rings. The lowest BCUT2D eigenvalue weighted by molar-refractivity contribution is -0.00365. The van der Waals surface area contributed by atoms with Crippen molar-refractivity contribution < 1.29 is 9.47 Å². The molecule has 0 aromatic heterocycles. The van der Waals surface area contributed by atoms with Crippen LogP contribution in [0.15, 0.2) is 0 Å². The van der Waals surface area contributed by atoms with Gasteiger partial charge in [-0.2, -0.15) is 12.6 Å². The third-order valence-corrected chi connectivity index (χ3v) is 4.89. The first-order valence-electron chi connectivity index (χ1n) is 7.09. The molecule has 0 spiro atoms. The molecule has 0 radical (unpaired) electrons. The van der Waals surface area contributed by atoms with Crippen LogP contribution in [-0.2, 0) is 9.47 Å². The molecule has 1 saturated heterocycles. The SMILES string of the molecule is CCC(C)N(CCOC)CC1(CS)CCOCC1. The van der Waals surface area contributed by atoms with Crippen molar-refractivity contribution >= 4 is 12.6 Å². The molecule has 0 N–H and O–H groups in total. The van der Waals surface area contributed by atoms with Crippen molar-refractivity contribution in [1.82, 2.24) is 4.90 Å². The standard InChI is InChI=1S/C14H29NO2S/c1-4-13(2)15(7-10-16-3)11-14(12-18)5-8-17-9-6-14/h13,18H,4-12H2,1-3H3. The lowest BCUT2D eigenvalue weighted by Gasteiger charge is -2.42. The van der Waals surface area contributed by atoms with Crippen molar-refractivity contribution in [2.24, 2.45) is 5.41 Å². The van der Waals surface area contributed by atoms with Crippen LogP contribution in [0, 0.1) is 5.41 Å². The third-order valence-electron chi connectivity index (χ3n) is 4.22. The van der Waals surface area contributed by atoms with Gasteiger partial charge in [0.15, 0.2) is 0 Å². The Morgan fingerprint density at radius 2 is 2.06 bits per heavy atom. The molecule has 1 atom stereocenters. The molecule has 0 saturated carbocycles. The summed E-state index contributed by atoms with van der Waals surface area (Å²) in [5, 5.41) is 0. The largest absolute Gasteiger partial charge is 0.383 e. The van der Waals surface area contributed by atoms with Crippen LogP contribution in [-0.4, -0.2) is 56.7 Å². The molecule has 3 nitrogen and oxygen atoms in total. The Kier molecular flexibility index (Phi) is 7.61. The molecule has 108 valence electrons. The molecule has 0 aliphatic carbocycles. The summed E-state index contributed by atoms with van der Waals surface area (Å²) in [6, 6.07) is 0.611. The quantitative estimate of drug-likeness (QED) is 0.688. The van der Waals surface area contributed by atoms with E-state index >= 15 is 0 Å². The number of hydrogen-bond donors (Lipinski definition) is 1. The molecule has 4 heteroatoms. The summed E-state index contributed by atoms with van der Waals surface area (Å²) in [5.74, 6) is 0.955. The Balaban J connectivity index is 2.60. The van der Waals surface area contributed by atoms with Gasteiger partial charge in [0, 0.05) is 39.5 Å². The molecule has 1 unspecified atom stereocenters. The smallest absolute Gasteiger partial charge is 0.0589 e. The van der Waals surface area contributed by atoms with Crippen molar-refractivity contribution in [2.45, 2.75) is 39.2 Å². The van der Waals surface area contributed by atoms with Crippen LogP contribution in [0.1, 0.15) is 33.1 Å². The van der Waals surface area contributed by atoms with Gasteiger partial charge in [-0.05, 0) is 37.4 Å². The Morgan fingerprint density at radius 3 is 2.56 bits per heavy atom. The van der Waals surface area contributed by atoms with Gasteiger partial charge >= 0.3 is 0 Å². The summed E-state index contributed by atoms with van der Waals surface area (Å²) < 4.78 is 10.7. The number of methoxy groups -OCH3 is 1. The summed E-state index contributed by atoms with van der Waals surface area (Å²) in [6.07, 6.45) is 3.45. The van der Waals surface area contributed by atoms with E-state index in [-0.39, 0.29) is 0 Å². The molecule has 0 aromatic carbocycles. The highest BCUT2D eigenvalue weighted by molar-refractivity contribution is 7.80. The van der Waals surface area contributed by atoms with E-state index in [1.165, 1.54) is 6.42 Å². The highest BCUT2D eigenvalue weighted by atomic mass is 32.1. The van der Waals surface area contributed by atoms with E-state index in [4.69, 9.17) is 9.47 Å². The number of ether oxygens (including phenoxy) is 2. The van der Waals surface area contributed by atoms with E-state index in [2.05, 4.69) is 31.4 Å². The van der Waals surface area contributed by atoms with Crippen LogP contribution in [0.25, 0.3) is 0 Å². The second-order valence-electron chi connectivity index (χ2n) is 5.49. The van der Waals surface area contributed by atoms with Crippen LogP contribution in [0.2, 0.25) is 0 Å². The number of thiol groups is 1. The van der Waals surface area contributed by atoms with Crippen molar-refractivity contribution in [3.8, 4) is 0 Å². The maximum absolute atomic E-state index is 5.50. The first-order valence-corrected chi connectivity index (χ1v) is 7.72. The van der Waals surface area contributed by atoms with Gasteiger partial charge in [0.1, 0.15) is 0 Å². The van der Waals surface area contributed by atoms with Gasteiger partial charge in [-0.25, -0.2) is 0 Å². The van der Waals surface area contributed by atoms with Crippen molar-refractivity contribution in [1.29, 1.82) is 0 Å². The highest BCUT2D eigenvalue weighted by Crippen LogP contribution is 2.33. The van der Waals surface area contributed by atoms with Crippen LogP contribution < -0.4 is 0 Å². The van der Waals surface area contributed by atoms with Crippen LogP contribution in [0.4, 0.5) is 0 Å². The van der Waals surface area contributed by atoms with Crippen molar-refractivity contribution in [3.63, 3.8) is 0 Å². The lowest BCUT2D eigenvalue weighted by Crippen LogP contribution is -2.47. The van der Waals surface area contributed by atoms with E-state index < -0.39 is 0 Å². The molecule has 1 aliphatic rings. The zero-order valence-corrected chi connectivity index (χ0v) is 13.0. The predicted octanol–water partition coefficient (Wildman–Crippen LogP) is 2.46. The first kappa shape index (κ1) is 16.3. The molecule has 1 aliphatic heterocycles. The third kappa shape index (κ3) is 4.72. The summed E-state index contributed by atoms with van der Waals surface area (Å²) in [5.41, 5.74) is 0.332.